The van der Waals surface area contributed by atoms with Gasteiger partial charge < -0.3 is 19.7 Å². The molecule has 0 unspecified atom stereocenters. The molecule has 1 aliphatic heterocycles. The van der Waals surface area contributed by atoms with Crippen LogP contribution in [0.25, 0.3) is 22.4 Å². The minimum Gasteiger partial charge on any atom is -0.497 e. The number of carbonyl (C=O) groups excluding carboxylic acids is 1. The lowest BCUT2D eigenvalue weighted by atomic mass is 9.90. The number of hydrogen-bond acceptors (Lipinski definition) is 7. The van der Waals surface area contributed by atoms with Crippen molar-refractivity contribution in [3.05, 3.63) is 65.1 Å². The predicted molar refractivity (Wildman–Crippen MR) is 157 cm³/mol. The molecule has 216 valence electrons. The van der Waals surface area contributed by atoms with Crippen LogP contribution in [0, 0.1) is 5.82 Å². The van der Waals surface area contributed by atoms with E-state index in [9.17, 15) is 4.79 Å². The van der Waals surface area contributed by atoms with Crippen molar-refractivity contribution in [3.8, 4) is 17.0 Å². The number of piperidine rings is 1. The second-order valence-electron chi connectivity index (χ2n) is 11.5. The number of methoxy groups -OCH3 is 1. The fourth-order valence-corrected chi connectivity index (χ4v) is 5.05. The van der Waals surface area contributed by atoms with Gasteiger partial charge in [-0.1, -0.05) is 29.8 Å². The molecule has 9 nitrogen and oxygen atoms in total. The standard InChI is InChI=1S/C30H34ClFN6O3/c1-29(2,3)41-28(39)35-30(4)13-15-37(16-14-30)23-17-33-26-25(21-7-6-8-22(31)24(21)32)36-38(27(26)34-23)18-19-9-11-20(40-5)12-10-19/h6-12,17H,13-16,18H2,1-5H3,(H,35,39). The highest BCUT2D eigenvalue weighted by molar-refractivity contribution is 6.31. The number of benzene rings is 2. The number of fused-ring (bicyclic) bond motifs is 1. The van der Waals surface area contributed by atoms with Gasteiger partial charge in [-0.15, -0.1) is 0 Å². The third kappa shape index (κ3) is 6.37. The molecule has 3 heterocycles. The number of carbonyl (C=O) groups is 1. The zero-order chi connectivity index (χ0) is 29.4. The van der Waals surface area contributed by atoms with Gasteiger partial charge in [0.1, 0.15) is 28.4 Å². The predicted octanol–water partition coefficient (Wildman–Crippen LogP) is 6.23. The molecule has 0 saturated carbocycles. The molecule has 1 N–H and O–H groups in total. The molecule has 0 atom stereocenters. The quantitative estimate of drug-likeness (QED) is 0.289. The molecule has 1 amide bonds. The van der Waals surface area contributed by atoms with E-state index in [4.69, 9.17) is 36.1 Å². The molecule has 5 rings (SSSR count). The summed E-state index contributed by atoms with van der Waals surface area (Å²) in [4.78, 5) is 24.2. The summed E-state index contributed by atoms with van der Waals surface area (Å²) in [6, 6.07) is 12.5. The number of anilines is 1. The highest BCUT2D eigenvalue weighted by atomic mass is 35.5. The molecule has 2 aromatic carbocycles. The van der Waals surface area contributed by atoms with Crippen molar-refractivity contribution in [1.29, 1.82) is 0 Å². The van der Waals surface area contributed by atoms with Gasteiger partial charge in [0.05, 0.1) is 24.9 Å². The van der Waals surface area contributed by atoms with E-state index < -0.39 is 23.1 Å². The van der Waals surface area contributed by atoms with Crippen molar-refractivity contribution in [3.63, 3.8) is 0 Å². The molecule has 1 saturated heterocycles. The lowest BCUT2D eigenvalue weighted by Gasteiger charge is -2.40. The average molecular weight is 581 g/mol. The Hall–Kier alpha value is -3.92. The van der Waals surface area contributed by atoms with Crippen LogP contribution >= 0.6 is 11.6 Å². The zero-order valence-corrected chi connectivity index (χ0v) is 24.6. The van der Waals surface area contributed by atoms with E-state index in [1.165, 1.54) is 6.07 Å². The number of aromatic nitrogens is 4. The molecule has 1 aliphatic rings. The largest absolute Gasteiger partial charge is 0.497 e. The van der Waals surface area contributed by atoms with E-state index in [0.717, 1.165) is 11.3 Å². The molecule has 0 aliphatic carbocycles. The van der Waals surface area contributed by atoms with E-state index in [1.54, 1.807) is 30.1 Å². The van der Waals surface area contributed by atoms with Crippen molar-refractivity contribution in [1.82, 2.24) is 25.1 Å². The van der Waals surface area contributed by atoms with Crippen LogP contribution in [0.15, 0.2) is 48.7 Å². The fourth-order valence-electron chi connectivity index (χ4n) is 4.87. The van der Waals surface area contributed by atoms with Crippen molar-refractivity contribution in [2.45, 2.75) is 58.2 Å². The maximum absolute atomic E-state index is 15.1. The SMILES string of the molecule is COc1ccc(Cn2nc(-c3cccc(Cl)c3F)c3ncc(N4CCC(C)(NC(=O)OC(C)(C)C)CC4)nc32)cc1. The van der Waals surface area contributed by atoms with Gasteiger partial charge in [0.25, 0.3) is 0 Å². The first-order chi connectivity index (χ1) is 19.4. The van der Waals surface area contributed by atoms with Crippen molar-refractivity contribution in [2.24, 2.45) is 0 Å². The van der Waals surface area contributed by atoms with Gasteiger partial charge in [0.2, 0.25) is 0 Å². The molecule has 0 spiro atoms. The molecule has 4 aromatic rings. The number of halogens is 2. The average Bonchev–Trinajstić information content (AvgIpc) is 3.27. The number of ether oxygens (including phenoxy) is 2. The Bertz CT molecular complexity index is 1560. The maximum Gasteiger partial charge on any atom is 0.408 e. The molecule has 1 fully saturated rings. The number of hydrogen-bond donors (Lipinski definition) is 1. The van der Waals surface area contributed by atoms with Crippen molar-refractivity contribution >= 4 is 34.7 Å². The van der Waals surface area contributed by atoms with Gasteiger partial charge in [0.15, 0.2) is 11.5 Å². The normalized spacial score (nSPS) is 15.1. The van der Waals surface area contributed by atoms with Crippen LogP contribution in [0.2, 0.25) is 5.02 Å². The Balaban J connectivity index is 1.44. The second kappa shape index (κ2) is 11.2. The van der Waals surface area contributed by atoms with E-state index in [1.807, 2.05) is 52.0 Å². The monoisotopic (exact) mass is 580 g/mol. The van der Waals surface area contributed by atoms with Crippen LogP contribution in [-0.2, 0) is 11.3 Å². The Morgan fingerprint density at radius 2 is 1.85 bits per heavy atom. The first kappa shape index (κ1) is 28.6. The van der Waals surface area contributed by atoms with E-state index in [2.05, 4.69) is 10.2 Å². The molecule has 2 aromatic heterocycles. The van der Waals surface area contributed by atoms with Crippen molar-refractivity contribution < 1.29 is 18.7 Å². The van der Waals surface area contributed by atoms with Gasteiger partial charge in [-0.05, 0) is 70.4 Å². The third-order valence-electron chi connectivity index (χ3n) is 7.12. The topological polar surface area (TPSA) is 94.4 Å². The number of alkyl carbamates (subject to hydrolysis) is 1. The Morgan fingerprint density at radius 3 is 2.51 bits per heavy atom. The summed E-state index contributed by atoms with van der Waals surface area (Å²) < 4.78 is 27.5. The molecule has 0 radical (unpaired) electrons. The number of rotatable bonds is 6. The summed E-state index contributed by atoms with van der Waals surface area (Å²) in [6.45, 7) is 9.29. The fraction of sp³-hybridized carbons (Fsp3) is 0.400. The molecular formula is C30H34ClFN6O3. The lowest BCUT2D eigenvalue weighted by molar-refractivity contribution is 0.0448. The first-order valence-electron chi connectivity index (χ1n) is 13.5. The number of amides is 1. The van der Waals surface area contributed by atoms with Crippen molar-refractivity contribution in [2.75, 3.05) is 25.1 Å². The van der Waals surface area contributed by atoms with Crippen LogP contribution in [0.5, 0.6) is 5.75 Å². The van der Waals surface area contributed by atoms with Gasteiger partial charge in [-0.3, -0.25) is 0 Å². The maximum atomic E-state index is 15.1. The Kier molecular flexibility index (Phi) is 7.78. The van der Waals surface area contributed by atoms with E-state index in [0.29, 0.717) is 55.2 Å². The van der Waals surface area contributed by atoms with Crippen LogP contribution in [0.1, 0.15) is 46.1 Å². The summed E-state index contributed by atoms with van der Waals surface area (Å²) in [6.07, 6.45) is 2.68. The zero-order valence-electron chi connectivity index (χ0n) is 23.9. The van der Waals surface area contributed by atoms with Crippen LogP contribution in [-0.4, -0.2) is 57.2 Å². The van der Waals surface area contributed by atoms with E-state index >= 15 is 4.39 Å². The van der Waals surface area contributed by atoms with Crippen LogP contribution in [0.4, 0.5) is 15.0 Å². The summed E-state index contributed by atoms with van der Waals surface area (Å²) >= 11 is 6.09. The summed E-state index contributed by atoms with van der Waals surface area (Å²) in [5, 5.41) is 7.80. The summed E-state index contributed by atoms with van der Waals surface area (Å²) in [5.74, 6) is 0.885. The van der Waals surface area contributed by atoms with Crippen LogP contribution < -0.4 is 15.0 Å². The third-order valence-corrected chi connectivity index (χ3v) is 7.41. The summed E-state index contributed by atoms with van der Waals surface area (Å²) in [7, 11) is 1.62. The van der Waals surface area contributed by atoms with Gasteiger partial charge >= 0.3 is 6.09 Å². The molecule has 41 heavy (non-hydrogen) atoms. The summed E-state index contributed by atoms with van der Waals surface area (Å²) in [5.41, 5.74) is 1.67. The number of nitrogens with zero attached hydrogens (tertiary/aromatic N) is 5. The molecule has 0 bridgehead atoms. The first-order valence-corrected chi connectivity index (χ1v) is 13.9. The highest BCUT2D eigenvalue weighted by Crippen LogP contribution is 2.33. The molecular weight excluding hydrogens is 547 g/mol. The van der Waals surface area contributed by atoms with Gasteiger partial charge in [-0.2, -0.15) is 5.10 Å². The minimum atomic E-state index is -0.562. The van der Waals surface area contributed by atoms with Gasteiger partial charge in [-0.25, -0.2) is 23.8 Å². The highest BCUT2D eigenvalue weighted by Gasteiger charge is 2.34. The van der Waals surface area contributed by atoms with Gasteiger partial charge in [0, 0.05) is 24.2 Å². The lowest BCUT2D eigenvalue weighted by Crippen LogP contribution is -2.54. The van der Waals surface area contributed by atoms with Crippen LogP contribution in [0.3, 0.4) is 0 Å². The minimum absolute atomic E-state index is 0.0151. The number of nitrogens with one attached hydrogen (secondary N) is 1. The molecule has 11 heteroatoms. The Labute approximate surface area is 243 Å². The van der Waals surface area contributed by atoms with E-state index in [-0.39, 0.29) is 10.6 Å². The second-order valence-corrected chi connectivity index (χ2v) is 11.9. The Morgan fingerprint density at radius 1 is 1.15 bits per heavy atom. The smallest absolute Gasteiger partial charge is 0.408 e.